The van der Waals surface area contributed by atoms with Gasteiger partial charge in [-0.25, -0.2) is 0 Å². The molecule has 0 bridgehead atoms. The lowest BCUT2D eigenvalue weighted by Gasteiger charge is -2.30. The van der Waals surface area contributed by atoms with E-state index in [1.54, 1.807) is 0 Å². The molecule has 1 aromatic heterocycles. The molecule has 0 saturated carbocycles. The van der Waals surface area contributed by atoms with Crippen molar-refractivity contribution in [1.29, 1.82) is 0 Å². The van der Waals surface area contributed by atoms with E-state index in [1.807, 2.05) is 4.68 Å². The molecule has 2 aromatic carbocycles. The van der Waals surface area contributed by atoms with Crippen LogP contribution < -0.4 is 15.1 Å². The SMILES string of the molecule is C(=C1\CCC2=C1Nc1nnnn1C2c1ccc(N2CCOCC2)cc1)/c1ccc(N2CCOCC2)cc1. The van der Waals surface area contributed by atoms with E-state index in [-0.39, 0.29) is 6.04 Å². The number of hydrogen-bond acceptors (Lipinski definition) is 8. The summed E-state index contributed by atoms with van der Waals surface area (Å²) >= 11 is 0. The van der Waals surface area contributed by atoms with Crippen molar-refractivity contribution in [2.24, 2.45) is 0 Å². The van der Waals surface area contributed by atoms with Crippen molar-refractivity contribution in [3.63, 3.8) is 0 Å². The minimum Gasteiger partial charge on any atom is -0.378 e. The fourth-order valence-corrected chi connectivity index (χ4v) is 5.85. The highest BCUT2D eigenvalue weighted by atomic mass is 16.5. The number of anilines is 3. The first-order valence-corrected chi connectivity index (χ1v) is 13.2. The molecule has 3 aromatic rings. The molecule has 1 unspecified atom stereocenters. The van der Waals surface area contributed by atoms with Crippen LogP contribution in [0.2, 0.25) is 0 Å². The quantitative estimate of drug-likeness (QED) is 0.587. The summed E-state index contributed by atoms with van der Waals surface area (Å²) in [5, 5.41) is 16.1. The average molecular weight is 498 g/mol. The molecule has 1 aliphatic carbocycles. The minimum absolute atomic E-state index is 0.00501. The van der Waals surface area contributed by atoms with E-state index >= 15 is 0 Å². The fraction of sp³-hybridized carbons (Fsp3) is 0.393. The van der Waals surface area contributed by atoms with Gasteiger partial charge in [-0.3, -0.25) is 0 Å². The Balaban J connectivity index is 1.17. The first-order valence-electron chi connectivity index (χ1n) is 13.2. The van der Waals surface area contributed by atoms with Gasteiger partial charge in [0.1, 0.15) is 6.04 Å². The fourth-order valence-electron chi connectivity index (χ4n) is 5.85. The number of nitrogens with one attached hydrogen (secondary N) is 1. The maximum atomic E-state index is 5.51. The van der Waals surface area contributed by atoms with Crippen molar-refractivity contribution in [1.82, 2.24) is 20.2 Å². The topological polar surface area (TPSA) is 80.6 Å². The van der Waals surface area contributed by atoms with Crippen LogP contribution in [-0.2, 0) is 9.47 Å². The van der Waals surface area contributed by atoms with Crippen molar-refractivity contribution >= 4 is 23.4 Å². The number of fused-ring (bicyclic) bond motifs is 1. The Kier molecular flexibility index (Phi) is 5.87. The monoisotopic (exact) mass is 497 g/mol. The van der Waals surface area contributed by atoms with Crippen molar-refractivity contribution in [2.75, 3.05) is 67.7 Å². The Morgan fingerprint density at radius 3 is 2.05 bits per heavy atom. The molecule has 7 rings (SSSR count). The van der Waals surface area contributed by atoms with Crippen LogP contribution in [0, 0.1) is 0 Å². The Morgan fingerprint density at radius 2 is 1.41 bits per heavy atom. The Morgan fingerprint density at radius 1 is 0.784 bits per heavy atom. The Bertz CT molecular complexity index is 1320. The number of tetrazole rings is 1. The number of rotatable bonds is 4. The molecule has 37 heavy (non-hydrogen) atoms. The smallest absolute Gasteiger partial charge is 0.248 e. The van der Waals surface area contributed by atoms with Gasteiger partial charge in [-0.05, 0) is 75.9 Å². The van der Waals surface area contributed by atoms with Gasteiger partial charge in [0.15, 0.2) is 0 Å². The average Bonchev–Trinajstić information content (AvgIpc) is 3.60. The van der Waals surface area contributed by atoms with Crippen LogP contribution in [0.1, 0.15) is 30.0 Å². The standard InChI is InChI=1S/C28H31N7O2/c1-6-23(33-11-15-36-16-12-33)7-2-20(1)19-22-5-10-25-26(22)29-28-30-31-32-35(28)27(25)21-3-8-24(9-4-21)34-13-17-37-18-14-34/h1-4,6-9,19,27H,5,10-18H2,(H,29,30,32)/b22-19-. The number of ether oxygens (including phenoxy) is 2. The Hall–Kier alpha value is -3.69. The molecule has 4 aliphatic rings. The molecule has 4 heterocycles. The second-order valence-corrected chi connectivity index (χ2v) is 9.93. The van der Waals surface area contributed by atoms with E-state index in [2.05, 4.69) is 85.2 Å². The lowest BCUT2D eigenvalue weighted by Crippen LogP contribution is -2.36. The van der Waals surface area contributed by atoms with E-state index in [4.69, 9.17) is 9.47 Å². The summed E-state index contributed by atoms with van der Waals surface area (Å²) in [4.78, 5) is 4.76. The van der Waals surface area contributed by atoms with Gasteiger partial charge in [0.25, 0.3) is 0 Å². The Labute approximate surface area is 216 Å². The second-order valence-electron chi connectivity index (χ2n) is 9.93. The zero-order valence-electron chi connectivity index (χ0n) is 20.8. The van der Waals surface area contributed by atoms with E-state index in [0.717, 1.165) is 65.4 Å². The predicted octanol–water partition coefficient (Wildman–Crippen LogP) is 3.49. The van der Waals surface area contributed by atoms with Crippen molar-refractivity contribution in [3.8, 4) is 0 Å². The van der Waals surface area contributed by atoms with Crippen LogP contribution in [0.4, 0.5) is 17.3 Å². The van der Waals surface area contributed by atoms with E-state index in [9.17, 15) is 0 Å². The highest BCUT2D eigenvalue weighted by molar-refractivity contribution is 5.68. The molecule has 3 aliphatic heterocycles. The van der Waals surface area contributed by atoms with Crippen LogP contribution in [0.25, 0.3) is 6.08 Å². The molecule has 0 amide bonds. The molecule has 0 spiro atoms. The largest absolute Gasteiger partial charge is 0.378 e. The summed E-state index contributed by atoms with van der Waals surface area (Å²) in [6.45, 7) is 6.92. The third kappa shape index (κ3) is 4.28. The van der Waals surface area contributed by atoms with E-state index in [1.165, 1.54) is 39.3 Å². The first kappa shape index (κ1) is 22.5. The number of hydrogen-bond donors (Lipinski definition) is 1. The van der Waals surface area contributed by atoms with Gasteiger partial charge in [-0.15, -0.1) is 0 Å². The molecule has 9 nitrogen and oxygen atoms in total. The van der Waals surface area contributed by atoms with Crippen LogP contribution in [0.15, 0.2) is 65.4 Å². The third-order valence-corrected chi connectivity index (χ3v) is 7.81. The predicted molar refractivity (Wildman–Crippen MR) is 143 cm³/mol. The highest BCUT2D eigenvalue weighted by Crippen LogP contribution is 2.45. The van der Waals surface area contributed by atoms with Gasteiger partial charge >= 0.3 is 0 Å². The summed E-state index contributed by atoms with van der Waals surface area (Å²) in [5.41, 5.74) is 8.72. The van der Waals surface area contributed by atoms with Gasteiger partial charge in [-0.2, -0.15) is 4.68 Å². The lowest BCUT2D eigenvalue weighted by atomic mass is 9.96. The maximum absolute atomic E-state index is 5.51. The summed E-state index contributed by atoms with van der Waals surface area (Å²) < 4.78 is 12.9. The first-order chi connectivity index (χ1) is 18.3. The van der Waals surface area contributed by atoms with E-state index in [0.29, 0.717) is 5.95 Å². The summed E-state index contributed by atoms with van der Waals surface area (Å²) in [6.07, 6.45) is 4.27. The highest BCUT2D eigenvalue weighted by Gasteiger charge is 2.35. The van der Waals surface area contributed by atoms with E-state index < -0.39 is 0 Å². The molecule has 2 fully saturated rings. The number of aromatic nitrogens is 4. The van der Waals surface area contributed by atoms with Gasteiger partial charge in [-0.1, -0.05) is 29.4 Å². The summed E-state index contributed by atoms with van der Waals surface area (Å²) in [6, 6.07) is 17.7. The van der Waals surface area contributed by atoms with Gasteiger partial charge in [0.2, 0.25) is 5.95 Å². The van der Waals surface area contributed by atoms with Gasteiger partial charge < -0.3 is 24.6 Å². The molecule has 1 N–H and O–H groups in total. The molecule has 190 valence electrons. The van der Waals surface area contributed by atoms with Crippen LogP contribution >= 0.6 is 0 Å². The summed E-state index contributed by atoms with van der Waals surface area (Å²) in [7, 11) is 0. The van der Waals surface area contributed by atoms with Gasteiger partial charge in [0.05, 0.1) is 26.4 Å². The molecule has 2 saturated heterocycles. The zero-order chi connectivity index (χ0) is 24.6. The maximum Gasteiger partial charge on any atom is 0.248 e. The van der Waals surface area contributed by atoms with Crippen LogP contribution in [0.3, 0.4) is 0 Å². The minimum atomic E-state index is -0.00501. The third-order valence-electron chi connectivity index (χ3n) is 7.81. The molecule has 9 heteroatoms. The number of morpholine rings is 2. The second kappa shape index (κ2) is 9.64. The van der Waals surface area contributed by atoms with Gasteiger partial charge in [0, 0.05) is 43.3 Å². The molecule has 0 radical (unpaired) electrons. The molecular formula is C28H31N7O2. The summed E-state index contributed by atoms with van der Waals surface area (Å²) in [5.74, 6) is 0.691. The number of allylic oxidation sites excluding steroid dienone is 2. The van der Waals surface area contributed by atoms with Crippen LogP contribution in [0.5, 0.6) is 0 Å². The normalized spacial score (nSPS) is 22.7. The molecule has 1 atom stereocenters. The van der Waals surface area contributed by atoms with Crippen molar-refractivity contribution in [2.45, 2.75) is 18.9 Å². The zero-order valence-corrected chi connectivity index (χ0v) is 20.8. The number of benzene rings is 2. The van der Waals surface area contributed by atoms with Crippen molar-refractivity contribution in [3.05, 3.63) is 76.5 Å². The lowest BCUT2D eigenvalue weighted by molar-refractivity contribution is 0.122. The van der Waals surface area contributed by atoms with Crippen LogP contribution in [-0.4, -0.2) is 72.8 Å². The molecular weight excluding hydrogens is 466 g/mol. The number of nitrogens with zero attached hydrogens (tertiary/aromatic N) is 6. The van der Waals surface area contributed by atoms with Crippen molar-refractivity contribution < 1.29 is 9.47 Å².